The topological polar surface area (TPSA) is 125 Å². The van der Waals surface area contributed by atoms with Crippen LogP contribution in [-0.4, -0.2) is 43.3 Å². The fourth-order valence-electron chi connectivity index (χ4n) is 2.41. The summed E-state index contributed by atoms with van der Waals surface area (Å²) >= 11 is 0. The summed E-state index contributed by atoms with van der Waals surface area (Å²) in [5, 5.41) is 11.3. The molecule has 1 aliphatic heterocycles. The molecule has 1 aromatic rings. The van der Waals surface area contributed by atoms with E-state index in [2.05, 4.69) is 15.0 Å². The lowest BCUT2D eigenvalue weighted by Gasteiger charge is -2.16. The minimum Gasteiger partial charge on any atom is -0.480 e. The Balaban J connectivity index is 2.32. The maximum Gasteiger partial charge on any atom is 0.325 e. The van der Waals surface area contributed by atoms with Crippen LogP contribution in [0.3, 0.4) is 0 Å². The van der Waals surface area contributed by atoms with Crippen LogP contribution >= 0.6 is 0 Å². The van der Waals surface area contributed by atoms with Crippen molar-refractivity contribution in [1.29, 1.82) is 0 Å². The van der Waals surface area contributed by atoms with Crippen molar-refractivity contribution in [1.82, 2.24) is 10.0 Å². The molecule has 0 bridgehead atoms. The number of hydrogen-bond acceptors (Lipinski definition) is 5. The van der Waals surface area contributed by atoms with Crippen molar-refractivity contribution in [3.05, 3.63) is 29.8 Å². The number of sulfonamides is 1. The van der Waals surface area contributed by atoms with Crippen LogP contribution in [0.1, 0.15) is 38.7 Å². The number of nitrogens with one attached hydrogen (secondary N) is 2. The van der Waals surface area contributed by atoms with Crippen molar-refractivity contribution >= 4 is 27.7 Å². The number of amidine groups is 1. The van der Waals surface area contributed by atoms with Gasteiger partial charge in [0.2, 0.25) is 5.91 Å². The van der Waals surface area contributed by atoms with E-state index in [-0.39, 0.29) is 10.7 Å². The average Bonchev–Trinajstić information content (AvgIpc) is 2.82. The first kappa shape index (κ1) is 18.9. The Bertz CT molecular complexity index is 804. The monoisotopic (exact) mass is 367 g/mol. The quantitative estimate of drug-likeness (QED) is 0.659. The van der Waals surface area contributed by atoms with Crippen LogP contribution in [0.5, 0.6) is 0 Å². The normalized spacial score (nSPS) is 18.9. The van der Waals surface area contributed by atoms with E-state index < -0.39 is 34.0 Å². The first-order valence-electron chi connectivity index (χ1n) is 7.99. The van der Waals surface area contributed by atoms with E-state index in [0.717, 1.165) is 6.42 Å². The highest BCUT2D eigenvalue weighted by molar-refractivity contribution is 7.90. The summed E-state index contributed by atoms with van der Waals surface area (Å²) < 4.78 is 26.6. The molecule has 3 N–H and O–H groups in total. The Labute approximate surface area is 146 Å². The second kappa shape index (κ2) is 7.64. The molecule has 136 valence electrons. The third-order valence-corrected chi connectivity index (χ3v) is 5.21. The second-order valence-corrected chi connectivity index (χ2v) is 7.46. The molecule has 2 rings (SSSR count). The highest BCUT2D eigenvalue weighted by atomic mass is 32.2. The predicted octanol–water partition coefficient (Wildman–Crippen LogP) is 0.873. The minimum atomic E-state index is -3.69. The molecule has 0 spiro atoms. The van der Waals surface area contributed by atoms with Gasteiger partial charge in [0.15, 0.2) is 0 Å². The SMILES string of the molecule is CCCCC(N=C1NS(=O)(=O)c2ccccc21)C(=O)N[C@H](C)C(=O)O. The molecule has 1 aromatic carbocycles. The number of carbonyl (C=O) groups is 2. The number of carboxylic acids is 1. The van der Waals surface area contributed by atoms with Gasteiger partial charge in [-0.3, -0.25) is 19.3 Å². The van der Waals surface area contributed by atoms with Crippen LogP contribution in [0.2, 0.25) is 0 Å². The minimum absolute atomic E-state index is 0.106. The second-order valence-electron chi connectivity index (χ2n) is 5.81. The van der Waals surface area contributed by atoms with Gasteiger partial charge < -0.3 is 10.4 Å². The molecule has 25 heavy (non-hydrogen) atoms. The molecule has 1 unspecified atom stereocenters. The number of nitrogens with zero attached hydrogens (tertiary/aromatic N) is 1. The van der Waals surface area contributed by atoms with E-state index in [9.17, 15) is 18.0 Å². The molecule has 0 saturated carbocycles. The first-order chi connectivity index (χ1) is 11.8. The summed E-state index contributed by atoms with van der Waals surface area (Å²) in [4.78, 5) is 27.7. The van der Waals surface area contributed by atoms with Crippen molar-refractivity contribution in [2.75, 3.05) is 0 Å². The lowest BCUT2D eigenvalue weighted by molar-refractivity contribution is -0.141. The highest BCUT2D eigenvalue weighted by Crippen LogP contribution is 2.23. The van der Waals surface area contributed by atoms with Gasteiger partial charge in [-0.15, -0.1) is 0 Å². The van der Waals surface area contributed by atoms with E-state index in [4.69, 9.17) is 5.11 Å². The molecular formula is C16H21N3O5S. The molecule has 9 heteroatoms. The van der Waals surface area contributed by atoms with Gasteiger partial charge in [0.05, 0.1) is 4.90 Å². The summed E-state index contributed by atoms with van der Waals surface area (Å²) in [5.41, 5.74) is 0.406. The standard InChI is InChI=1S/C16H21N3O5S/c1-3-4-8-12(15(20)17-10(2)16(21)22)18-14-11-7-5-6-9-13(11)25(23,24)19-14/h5-7,9-10,12H,3-4,8H2,1-2H3,(H,17,20)(H,18,19)(H,21,22)/t10-,12?/m1/s1. The number of carbonyl (C=O) groups excluding carboxylic acids is 1. The molecule has 0 aliphatic carbocycles. The molecule has 1 heterocycles. The molecule has 2 atom stereocenters. The summed E-state index contributed by atoms with van der Waals surface area (Å²) in [6, 6.07) is 4.45. The van der Waals surface area contributed by atoms with Crippen molar-refractivity contribution < 1.29 is 23.1 Å². The zero-order chi connectivity index (χ0) is 18.6. The number of benzene rings is 1. The Morgan fingerprint density at radius 1 is 1.32 bits per heavy atom. The summed E-state index contributed by atoms with van der Waals surface area (Å²) in [6.07, 6.45) is 1.91. The number of hydrogen-bond donors (Lipinski definition) is 3. The third kappa shape index (κ3) is 4.36. The van der Waals surface area contributed by atoms with Crippen LogP contribution in [-0.2, 0) is 19.6 Å². The van der Waals surface area contributed by atoms with Crippen molar-refractivity contribution in [2.24, 2.45) is 4.99 Å². The summed E-state index contributed by atoms with van der Waals surface area (Å²) in [7, 11) is -3.69. The lowest BCUT2D eigenvalue weighted by Crippen LogP contribution is -2.43. The molecule has 0 aromatic heterocycles. The van der Waals surface area contributed by atoms with Gasteiger partial charge in [-0.05, 0) is 25.5 Å². The van der Waals surface area contributed by atoms with E-state index in [0.29, 0.717) is 18.4 Å². The number of amides is 1. The molecule has 0 radical (unpaired) electrons. The number of aliphatic carboxylic acids is 1. The Kier molecular flexibility index (Phi) is 5.78. The summed E-state index contributed by atoms with van der Waals surface area (Å²) in [5.74, 6) is -1.59. The van der Waals surface area contributed by atoms with Crippen LogP contribution in [0.15, 0.2) is 34.2 Å². The number of aliphatic imine (C=N–C) groups is 1. The summed E-state index contributed by atoms with van der Waals surface area (Å²) in [6.45, 7) is 3.31. The number of rotatable bonds is 7. The largest absolute Gasteiger partial charge is 0.480 e. The lowest BCUT2D eigenvalue weighted by atomic mass is 10.1. The smallest absolute Gasteiger partial charge is 0.325 e. The molecular weight excluding hydrogens is 346 g/mol. The van der Waals surface area contributed by atoms with E-state index in [1.54, 1.807) is 18.2 Å². The molecule has 8 nitrogen and oxygen atoms in total. The zero-order valence-electron chi connectivity index (χ0n) is 14.0. The van der Waals surface area contributed by atoms with Crippen LogP contribution in [0.4, 0.5) is 0 Å². The molecule has 0 fully saturated rings. The maximum atomic E-state index is 12.4. The van der Waals surface area contributed by atoms with Crippen molar-refractivity contribution in [2.45, 2.75) is 50.1 Å². The van der Waals surface area contributed by atoms with E-state index >= 15 is 0 Å². The average molecular weight is 367 g/mol. The molecule has 1 amide bonds. The fourth-order valence-corrected chi connectivity index (χ4v) is 3.65. The predicted molar refractivity (Wildman–Crippen MR) is 91.9 cm³/mol. The first-order valence-corrected chi connectivity index (χ1v) is 9.47. The van der Waals surface area contributed by atoms with E-state index in [1.807, 2.05) is 6.92 Å². The van der Waals surface area contributed by atoms with E-state index in [1.165, 1.54) is 13.0 Å². The van der Waals surface area contributed by atoms with Crippen molar-refractivity contribution in [3.63, 3.8) is 0 Å². The number of unbranched alkanes of at least 4 members (excludes halogenated alkanes) is 1. The Hall–Kier alpha value is -2.42. The van der Waals surface area contributed by atoms with Gasteiger partial charge in [-0.1, -0.05) is 31.9 Å². The van der Waals surface area contributed by atoms with Gasteiger partial charge >= 0.3 is 5.97 Å². The Morgan fingerprint density at radius 3 is 2.64 bits per heavy atom. The zero-order valence-corrected chi connectivity index (χ0v) is 14.8. The van der Waals surface area contributed by atoms with Crippen molar-refractivity contribution in [3.8, 4) is 0 Å². The van der Waals surface area contributed by atoms with Gasteiger partial charge in [0.25, 0.3) is 10.0 Å². The van der Waals surface area contributed by atoms with Gasteiger partial charge in [0, 0.05) is 5.56 Å². The van der Waals surface area contributed by atoms with Crippen LogP contribution in [0.25, 0.3) is 0 Å². The van der Waals surface area contributed by atoms with Crippen LogP contribution < -0.4 is 10.0 Å². The highest BCUT2D eigenvalue weighted by Gasteiger charge is 2.32. The number of fused-ring (bicyclic) bond motifs is 1. The Morgan fingerprint density at radius 2 is 2.00 bits per heavy atom. The van der Waals surface area contributed by atoms with Gasteiger partial charge in [-0.2, -0.15) is 0 Å². The maximum absolute atomic E-state index is 12.4. The molecule has 1 aliphatic rings. The number of carboxylic acid groups (broad SMARTS) is 1. The third-order valence-electron chi connectivity index (χ3n) is 3.81. The van der Waals surface area contributed by atoms with Gasteiger partial charge in [-0.25, -0.2) is 8.42 Å². The van der Waals surface area contributed by atoms with Crippen LogP contribution in [0, 0.1) is 0 Å². The molecule has 0 saturated heterocycles. The fraction of sp³-hybridized carbons (Fsp3) is 0.438. The van der Waals surface area contributed by atoms with Gasteiger partial charge in [0.1, 0.15) is 17.9 Å².